The highest BCUT2D eigenvalue weighted by molar-refractivity contribution is 7.98. The lowest BCUT2D eigenvalue weighted by atomic mass is 9.78. The van der Waals surface area contributed by atoms with Crippen molar-refractivity contribution in [2.24, 2.45) is 0 Å². The molecule has 0 amide bonds. The van der Waals surface area contributed by atoms with Crippen LogP contribution in [0.25, 0.3) is 0 Å². The molecule has 1 aromatic carbocycles. The van der Waals surface area contributed by atoms with E-state index < -0.39 is 0 Å². The van der Waals surface area contributed by atoms with Crippen molar-refractivity contribution in [3.8, 4) is 0 Å². The summed E-state index contributed by atoms with van der Waals surface area (Å²) in [5.74, 6) is 0.535. The molecule has 1 aliphatic rings. The Morgan fingerprint density at radius 3 is 2.05 bits per heavy atom. The molecule has 0 unspecified atom stereocenters. The van der Waals surface area contributed by atoms with Gasteiger partial charge in [-0.2, -0.15) is 0 Å². The zero-order chi connectivity index (χ0) is 15.1. The van der Waals surface area contributed by atoms with Crippen LogP contribution in [0.2, 0.25) is 0 Å². The maximum atomic E-state index is 6.16. The summed E-state index contributed by atoms with van der Waals surface area (Å²) in [4.78, 5) is 1.25. The first-order chi connectivity index (χ1) is 9.18. The molecule has 0 N–H and O–H groups in total. The minimum atomic E-state index is -0.288. The summed E-state index contributed by atoms with van der Waals surface area (Å²) in [6.45, 7) is 12.8. The maximum Gasteiger partial charge on any atom is 0.495 e. The lowest BCUT2D eigenvalue weighted by Crippen LogP contribution is -2.41. The Bertz CT molecular complexity index is 481. The predicted molar refractivity (Wildman–Crippen MR) is 88.0 cm³/mol. The van der Waals surface area contributed by atoms with Crippen LogP contribution in [0.4, 0.5) is 0 Å². The molecule has 1 heterocycles. The van der Waals surface area contributed by atoms with E-state index in [1.807, 2.05) is 0 Å². The first-order valence-corrected chi connectivity index (χ1v) is 8.44. The fourth-order valence-corrected chi connectivity index (χ4v) is 2.91. The number of rotatable bonds is 3. The quantitative estimate of drug-likeness (QED) is 0.623. The van der Waals surface area contributed by atoms with Crippen LogP contribution >= 0.6 is 11.8 Å². The third-order valence-corrected chi connectivity index (χ3v) is 5.22. The summed E-state index contributed by atoms with van der Waals surface area (Å²) in [6.07, 6.45) is 2.11. The average Bonchev–Trinajstić information content (AvgIpc) is 2.57. The van der Waals surface area contributed by atoms with Crippen LogP contribution in [0, 0.1) is 0 Å². The largest absolute Gasteiger partial charge is 0.495 e. The molecule has 0 atom stereocenters. The number of hydrogen-bond acceptors (Lipinski definition) is 3. The highest BCUT2D eigenvalue weighted by Gasteiger charge is 2.52. The van der Waals surface area contributed by atoms with Gasteiger partial charge in [-0.25, -0.2) is 0 Å². The van der Waals surface area contributed by atoms with Gasteiger partial charge in [0.1, 0.15) is 0 Å². The van der Waals surface area contributed by atoms with E-state index in [-0.39, 0.29) is 18.3 Å². The molecule has 2 rings (SSSR count). The summed E-state index contributed by atoms with van der Waals surface area (Å²) in [5, 5.41) is 0. The van der Waals surface area contributed by atoms with Gasteiger partial charge in [0.25, 0.3) is 0 Å². The van der Waals surface area contributed by atoms with Gasteiger partial charge in [-0.15, -0.1) is 11.8 Å². The molecule has 2 nitrogen and oxygen atoms in total. The van der Waals surface area contributed by atoms with Crippen molar-refractivity contribution in [3.05, 3.63) is 23.8 Å². The van der Waals surface area contributed by atoms with Crippen LogP contribution in [0.3, 0.4) is 0 Å². The van der Waals surface area contributed by atoms with Crippen molar-refractivity contribution in [2.45, 2.75) is 63.6 Å². The fourth-order valence-electron chi connectivity index (χ4n) is 2.25. The van der Waals surface area contributed by atoms with Gasteiger partial charge in [-0.1, -0.05) is 26.0 Å². The average molecular weight is 292 g/mol. The summed E-state index contributed by atoms with van der Waals surface area (Å²) in [7, 11) is -0.274. The van der Waals surface area contributed by atoms with Crippen LogP contribution in [-0.2, 0) is 9.31 Å². The Morgan fingerprint density at radius 2 is 1.60 bits per heavy atom. The van der Waals surface area contributed by atoms with E-state index in [1.165, 1.54) is 10.5 Å². The summed E-state index contributed by atoms with van der Waals surface area (Å²) in [6, 6.07) is 6.60. The van der Waals surface area contributed by atoms with Gasteiger partial charge in [0.05, 0.1) is 11.2 Å². The van der Waals surface area contributed by atoms with Gasteiger partial charge in [-0.3, -0.25) is 0 Å². The van der Waals surface area contributed by atoms with Crippen molar-refractivity contribution in [1.82, 2.24) is 0 Å². The Balaban J connectivity index is 2.35. The lowest BCUT2D eigenvalue weighted by molar-refractivity contribution is 0.00578. The molecular weight excluding hydrogens is 267 g/mol. The van der Waals surface area contributed by atoms with E-state index >= 15 is 0 Å². The zero-order valence-corrected chi connectivity index (χ0v) is 14.4. The number of benzene rings is 1. The Labute approximate surface area is 127 Å². The van der Waals surface area contributed by atoms with Crippen LogP contribution in [-0.4, -0.2) is 24.6 Å². The molecule has 4 heteroatoms. The summed E-state index contributed by atoms with van der Waals surface area (Å²) < 4.78 is 12.3. The fraction of sp³-hybridized carbons (Fsp3) is 0.625. The van der Waals surface area contributed by atoms with Gasteiger partial charge in [-0.05, 0) is 57.0 Å². The molecule has 0 saturated carbocycles. The first-order valence-electron chi connectivity index (χ1n) is 7.21. The highest BCUT2D eigenvalue weighted by Crippen LogP contribution is 2.37. The van der Waals surface area contributed by atoms with Crippen LogP contribution in [0.15, 0.2) is 23.1 Å². The molecular formula is C16H25BO2S. The van der Waals surface area contributed by atoms with E-state index in [1.54, 1.807) is 11.8 Å². The molecule has 110 valence electrons. The minimum Gasteiger partial charge on any atom is -0.399 e. The predicted octanol–water partition coefficient (Wildman–Crippen LogP) is 3.83. The second-order valence-corrected chi connectivity index (χ2v) is 7.59. The molecule has 1 aromatic rings. The SMILES string of the molecule is CSc1cc(C(C)C)ccc1B1OC(C)(C)C(C)(C)O1. The summed E-state index contributed by atoms with van der Waals surface area (Å²) >= 11 is 1.75. The Kier molecular flexibility index (Phi) is 4.30. The minimum absolute atomic E-state index is 0.274. The van der Waals surface area contributed by atoms with E-state index in [0.29, 0.717) is 5.92 Å². The standard InChI is InChI=1S/C16H25BO2S/c1-11(2)12-8-9-13(14(10-12)20-7)17-18-15(3,4)16(5,6)19-17/h8-11H,1-7H3. The van der Waals surface area contributed by atoms with Gasteiger partial charge in [0.15, 0.2) is 0 Å². The third kappa shape index (κ3) is 2.79. The smallest absolute Gasteiger partial charge is 0.399 e. The van der Waals surface area contributed by atoms with E-state index in [0.717, 1.165) is 5.46 Å². The van der Waals surface area contributed by atoms with Crippen molar-refractivity contribution in [3.63, 3.8) is 0 Å². The van der Waals surface area contributed by atoms with Crippen LogP contribution in [0.1, 0.15) is 53.0 Å². The third-order valence-electron chi connectivity index (χ3n) is 4.43. The Hall–Kier alpha value is -0.445. The molecule has 1 fully saturated rings. The number of hydrogen-bond donors (Lipinski definition) is 0. The molecule has 0 spiro atoms. The van der Waals surface area contributed by atoms with Crippen molar-refractivity contribution in [2.75, 3.05) is 6.26 Å². The van der Waals surface area contributed by atoms with Crippen LogP contribution < -0.4 is 5.46 Å². The van der Waals surface area contributed by atoms with Crippen LogP contribution in [0.5, 0.6) is 0 Å². The monoisotopic (exact) mass is 292 g/mol. The highest BCUT2D eigenvalue weighted by atomic mass is 32.2. The lowest BCUT2D eigenvalue weighted by Gasteiger charge is -2.32. The molecule has 1 aliphatic heterocycles. The Morgan fingerprint density at radius 1 is 1.05 bits per heavy atom. The van der Waals surface area contributed by atoms with Gasteiger partial charge in [0, 0.05) is 4.90 Å². The molecule has 0 bridgehead atoms. The van der Waals surface area contributed by atoms with E-state index in [9.17, 15) is 0 Å². The first kappa shape index (κ1) is 15.9. The zero-order valence-electron chi connectivity index (χ0n) is 13.6. The van der Waals surface area contributed by atoms with Crippen molar-refractivity contribution < 1.29 is 9.31 Å². The van der Waals surface area contributed by atoms with Gasteiger partial charge >= 0.3 is 7.12 Å². The molecule has 0 aliphatic carbocycles. The second-order valence-electron chi connectivity index (χ2n) is 6.74. The number of thioether (sulfide) groups is 1. The van der Waals surface area contributed by atoms with E-state index in [4.69, 9.17) is 9.31 Å². The maximum absolute atomic E-state index is 6.16. The molecule has 20 heavy (non-hydrogen) atoms. The molecule has 1 saturated heterocycles. The molecule has 0 aromatic heterocycles. The second kappa shape index (κ2) is 5.40. The van der Waals surface area contributed by atoms with Gasteiger partial charge in [0.2, 0.25) is 0 Å². The normalized spacial score (nSPS) is 20.7. The van der Waals surface area contributed by atoms with Gasteiger partial charge < -0.3 is 9.31 Å². The summed E-state index contributed by atoms with van der Waals surface area (Å²) in [5.41, 5.74) is 1.92. The molecule has 0 radical (unpaired) electrons. The van der Waals surface area contributed by atoms with Crippen molar-refractivity contribution >= 4 is 24.3 Å². The van der Waals surface area contributed by atoms with Crippen molar-refractivity contribution in [1.29, 1.82) is 0 Å². The topological polar surface area (TPSA) is 18.5 Å². The van der Waals surface area contributed by atoms with E-state index in [2.05, 4.69) is 66.0 Å².